The molecular weight excluding hydrogens is 218 g/mol. The average molecular weight is 239 g/mol. The molecule has 0 fully saturated rings. The molecule has 96 valence electrons. The first-order valence-electron chi connectivity index (χ1n) is 5.68. The Morgan fingerprint density at radius 2 is 1.88 bits per heavy atom. The molecule has 0 saturated carbocycles. The molecule has 1 unspecified atom stereocenters. The van der Waals surface area contributed by atoms with Crippen LogP contribution in [0.25, 0.3) is 0 Å². The summed E-state index contributed by atoms with van der Waals surface area (Å²) >= 11 is 0. The van der Waals surface area contributed by atoms with Gasteiger partial charge in [0.25, 0.3) is 0 Å². The molecule has 0 saturated heterocycles. The lowest BCUT2D eigenvalue weighted by Crippen LogP contribution is -2.33. The van der Waals surface area contributed by atoms with Gasteiger partial charge in [-0.05, 0) is 38.2 Å². The summed E-state index contributed by atoms with van der Waals surface area (Å²) < 4.78 is 10.5. The van der Waals surface area contributed by atoms with Crippen LogP contribution in [0.4, 0.5) is 0 Å². The summed E-state index contributed by atoms with van der Waals surface area (Å²) in [5.41, 5.74) is 1.22. The molecule has 1 aromatic carbocycles. The van der Waals surface area contributed by atoms with Crippen LogP contribution in [-0.2, 0) is 11.2 Å². The first-order chi connectivity index (χ1) is 8.13. The topological polar surface area (TPSA) is 41.9 Å². The molecule has 0 aliphatic heterocycles. The minimum absolute atomic E-state index is 0.268. The smallest absolute Gasteiger partial charge is 0.141 e. The molecule has 0 aliphatic rings. The number of hydrogen-bond acceptors (Lipinski definition) is 4. The highest BCUT2D eigenvalue weighted by Gasteiger charge is 2.06. The summed E-state index contributed by atoms with van der Waals surface area (Å²) in [6, 6.07) is 7.84. The van der Waals surface area contributed by atoms with Crippen molar-refractivity contribution in [3.8, 4) is 5.75 Å². The van der Waals surface area contributed by atoms with Crippen molar-refractivity contribution in [2.24, 2.45) is 0 Å². The van der Waals surface area contributed by atoms with E-state index in [1.165, 1.54) is 5.56 Å². The number of methoxy groups -OCH3 is 1. The Balaban J connectivity index is 2.40. The molecule has 0 aromatic heterocycles. The highest BCUT2D eigenvalue weighted by molar-refractivity contribution is 5.27. The van der Waals surface area contributed by atoms with Gasteiger partial charge in [-0.25, -0.2) is 0 Å². The van der Waals surface area contributed by atoms with E-state index in [4.69, 9.17) is 9.47 Å². The van der Waals surface area contributed by atoms with E-state index in [9.17, 15) is 5.11 Å². The number of aliphatic hydroxyl groups is 1. The first kappa shape index (κ1) is 14.0. The lowest BCUT2D eigenvalue weighted by Gasteiger charge is -2.18. The molecule has 1 N–H and O–H groups in total. The summed E-state index contributed by atoms with van der Waals surface area (Å²) in [4.78, 5) is 1.70. The van der Waals surface area contributed by atoms with Gasteiger partial charge in [-0.3, -0.25) is 4.90 Å². The van der Waals surface area contributed by atoms with Crippen LogP contribution in [0, 0.1) is 0 Å². The fourth-order valence-corrected chi connectivity index (χ4v) is 1.29. The normalized spacial score (nSPS) is 12.8. The zero-order chi connectivity index (χ0) is 12.7. The van der Waals surface area contributed by atoms with Crippen LogP contribution >= 0.6 is 0 Å². The van der Waals surface area contributed by atoms with Crippen molar-refractivity contribution in [3.63, 3.8) is 0 Å². The number of likely N-dealkylation sites (N-methyl/N-ethyl adjacent to an activating group) is 1. The van der Waals surface area contributed by atoms with E-state index in [2.05, 4.69) is 0 Å². The fraction of sp³-hybridized carbons (Fsp3) is 0.538. The van der Waals surface area contributed by atoms with E-state index in [-0.39, 0.29) is 6.61 Å². The number of nitrogens with zero attached hydrogens (tertiary/aromatic N) is 1. The molecule has 4 heteroatoms. The van der Waals surface area contributed by atoms with Crippen molar-refractivity contribution in [1.82, 2.24) is 4.90 Å². The summed E-state index contributed by atoms with van der Waals surface area (Å²) in [5, 5.41) is 9.54. The number of benzene rings is 1. The largest absolute Gasteiger partial charge is 0.489 e. The van der Waals surface area contributed by atoms with Crippen molar-refractivity contribution in [1.29, 1.82) is 0 Å². The van der Waals surface area contributed by atoms with Crippen molar-refractivity contribution in [3.05, 3.63) is 29.8 Å². The van der Waals surface area contributed by atoms with E-state index >= 15 is 0 Å². The molecule has 0 bridgehead atoms. The highest BCUT2D eigenvalue weighted by atomic mass is 16.5. The van der Waals surface area contributed by atoms with Crippen molar-refractivity contribution < 1.29 is 14.6 Å². The first-order valence-corrected chi connectivity index (χ1v) is 5.68. The number of rotatable bonds is 7. The lowest BCUT2D eigenvalue weighted by atomic mass is 10.1. The van der Waals surface area contributed by atoms with Crippen LogP contribution in [0.5, 0.6) is 5.75 Å². The minimum atomic E-state index is -0.580. The predicted octanol–water partition coefficient (Wildman–Crippen LogP) is 1.13. The molecule has 4 nitrogen and oxygen atoms in total. The van der Waals surface area contributed by atoms with Gasteiger partial charge in [0.2, 0.25) is 0 Å². The van der Waals surface area contributed by atoms with E-state index in [1.54, 1.807) is 12.0 Å². The molecule has 0 spiro atoms. The van der Waals surface area contributed by atoms with Gasteiger partial charge in [0.15, 0.2) is 0 Å². The van der Waals surface area contributed by atoms with Crippen LogP contribution in [0.2, 0.25) is 0 Å². The van der Waals surface area contributed by atoms with Crippen molar-refractivity contribution in [2.45, 2.75) is 12.6 Å². The Kier molecular flexibility index (Phi) is 5.97. The SMILES string of the molecule is COCCc1ccc(OCC(O)N(C)C)cc1. The van der Waals surface area contributed by atoms with E-state index in [0.717, 1.165) is 18.8 Å². The van der Waals surface area contributed by atoms with Gasteiger partial charge in [-0.15, -0.1) is 0 Å². The average Bonchev–Trinajstić information content (AvgIpc) is 2.34. The van der Waals surface area contributed by atoms with Gasteiger partial charge in [-0.2, -0.15) is 0 Å². The molecule has 17 heavy (non-hydrogen) atoms. The minimum Gasteiger partial charge on any atom is -0.489 e. The van der Waals surface area contributed by atoms with Gasteiger partial charge in [0.05, 0.1) is 6.61 Å². The Bertz CT molecular complexity index is 311. The van der Waals surface area contributed by atoms with Gasteiger partial charge in [-0.1, -0.05) is 12.1 Å². The molecule has 1 aromatic rings. The summed E-state index contributed by atoms with van der Waals surface area (Å²) in [6.07, 6.45) is 0.320. The molecule has 0 heterocycles. The molecule has 1 atom stereocenters. The van der Waals surface area contributed by atoms with Crippen molar-refractivity contribution >= 4 is 0 Å². The molecule has 0 amide bonds. The molecule has 0 aliphatic carbocycles. The maximum Gasteiger partial charge on any atom is 0.141 e. The summed E-state index contributed by atoms with van der Waals surface area (Å²) in [7, 11) is 5.31. The fourth-order valence-electron chi connectivity index (χ4n) is 1.29. The van der Waals surface area contributed by atoms with Crippen LogP contribution in [0.15, 0.2) is 24.3 Å². The van der Waals surface area contributed by atoms with E-state index < -0.39 is 6.23 Å². The maximum atomic E-state index is 9.54. The molecular formula is C13H21NO3. The zero-order valence-electron chi connectivity index (χ0n) is 10.7. The second-order valence-electron chi connectivity index (χ2n) is 4.14. The third-order valence-electron chi connectivity index (χ3n) is 2.51. The number of aliphatic hydroxyl groups excluding tert-OH is 1. The summed E-state index contributed by atoms with van der Waals surface area (Å²) in [5.74, 6) is 0.770. The third-order valence-corrected chi connectivity index (χ3v) is 2.51. The third kappa shape index (κ3) is 5.17. The Hall–Kier alpha value is -1.10. The van der Waals surface area contributed by atoms with E-state index in [0.29, 0.717) is 0 Å². The van der Waals surface area contributed by atoms with Gasteiger partial charge in [0.1, 0.15) is 18.6 Å². The zero-order valence-corrected chi connectivity index (χ0v) is 10.7. The summed E-state index contributed by atoms with van der Waals surface area (Å²) in [6.45, 7) is 0.990. The second kappa shape index (κ2) is 7.27. The molecule has 0 radical (unpaired) electrons. The predicted molar refractivity (Wildman–Crippen MR) is 67.2 cm³/mol. The Morgan fingerprint density at radius 3 is 2.41 bits per heavy atom. The Labute approximate surface area is 103 Å². The standard InChI is InChI=1S/C13H21NO3/c1-14(2)13(15)10-17-12-6-4-11(5-7-12)8-9-16-3/h4-7,13,15H,8-10H2,1-3H3. The number of hydrogen-bond donors (Lipinski definition) is 1. The number of ether oxygens (including phenoxy) is 2. The quantitative estimate of drug-likeness (QED) is 0.724. The van der Waals surface area contributed by atoms with Gasteiger partial charge in [0, 0.05) is 7.11 Å². The van der Waals surface area contributed by atoms with Crippen LogP contribution in [0.3, 0.4) is 0 Å². The maximum absolute atomic E-state index is 9.54. The Morgan fingerprint density at radius 1 is 1.24 bits per heavy atom. The van der Waals surface area contributed by atoms with Crippen molar-refractivity contribution in [2.75, 3.05) is 34.4 Å². The molecule has 1 rings (SSSR count). The van der Waals surface area contributed by atoms with Crippen LogP contribution in [0.1, 0.15) is 5.56 Å². The second-order valence-corrected chi connectivity index (χ2v) is 4.14. The highest BCUT2D eigenvalue weighted by Crippen LogP contribution is 2.13. The van der Waals surface area contributed by atoms with Crippen LogP contribution < -0.4 is 4.74 Å². The lowest BCUT2D eigenvalue weighted by molar-refractivity contribution is 0.00187. The van der Waals surface area contributed by atoms with E-state index in [1.807, 2.05) is 38.4 Å². The van der Waals surface area contributed by atoms with Crippen LogP contribution in [-0.4, -0.2) is 50.7 Å². The monoisotopic (exact) mass is 239 g/mol. The van der Waals surface area contributed by atoms with Gasteiger partial charge >= 0.3 is 0 Å². The van der Waals surface area contributed by atoms with Gasteiger partial charge < -0.3 is 14.6 Å².